The quantitative estimate of drug-likeness (QED) is 0.489. The Hall–Kier alpha value is -0.140. The molecule has 0 bridgehead atoms. The van der Waals surface area contributed by atoms with Crippen molar-refractivity contribution >= 4 is 0 Å². The zero-order chi connectivity index (χ0) is 11.0. The molecule has 0 amide bonds. The summed E-state index contributed by atoms with van der Waals surface area (Å²) in [5.41, 5.74) is -0.734. The first-order chi connectivity index (χ1) is 6.56. The molecule has 1 atom stereocenters. The molecule has 0 aliphatic heterocycles. The van der Waals surface area contributed by atoms with Crippen molar-refractivity contribution in [2.45, 2.75) is 72.1 Å². The molecule has 0 heterocycles. The van der Waals surface area contributed by atoms with Crippen molar-refractivity contribution in [2.24, 2.45) is 5.41 Å². The lowest BCUT2D eigenvalue weighted by Gasteiger charge is -2.28. The molecule has 0 aliphatic rings. The minimum atomic E-state index is -2.16. The number of unbranched alkanes of at least 4 members (excludes halogenated alkanes) is 3. The number of hydrogen-bond acceptors (Lipinski definition) is 0. The molecule has 0 aromatic rings. The Morgan fingerprint density at radius 3 is 2.00 bits per heavy atom. The predicted octanol–water partition coefficient (Wildman–Crippen LogP) is 5.03. The molecular formula is C12H24F2. The van der Waals surface area contributed by atoms with Gasteiger partial charge in [0.1, 0.15) is 0 Å². The maximum absolute atomic E-state index is 12.8. The van der Waals surface area contributed by atoms with Gasteiger partial charge < -0.3 is 0 Å². The van der Waals surface area contributed by atoms with Gasteiger partial charge in [-0.15, -0.1) is 0 Å². The average molecular weight is 206 g/mol. The van der Waals surface area contributed by atoms with Gasteiger partial charge in [0.05, 0.1) is 0 Å². The Balaban J connectivity index is 3.84. The lowest BCUT2D eigenvalue weighted by atomic mass is 9.81. The maximum Gasteiger partial charge on any atom is 0.243 e. The second-order valence-electron chi connectivity index (χ2n) is 4.52. The normalized spacial score (nSPS) is 15.9. The fourth-order valence-electron chi connectivity index (χ4n) is 1.87. The van der Waals surface area contributed by atoms with Crippen molar-refractivity contribution in [2.75, 3.05) is 0 Å². The lowest BCUT2D eigenvalue weighted by molar-refractivity contribution is -0.00694. The smallest absolute Gasteiger partial charge is 0.210 e. The largest absolute Gasteiger partial charge is 0.243 e. The molecule has 0 N–H and O–H groups in total. The zero-order valence-corrected chi connectivity index (χ0v) is 9.78. The molecule has 0 rings (SSSR count). The van der Waals surface area contributed by atoms with Crippen molar-refractivity contribution < 1.29 is 8.78 Å². The van der Waals surface area contributed by atoms with Gasteiger partial charge in [0.2, 0.25) is 6.43 Å². The van der Waals surface area contributed by atoms with Gasteiger partial charge in [-0.25, -0.2) is 8.78 Å². The molecule has 2 heteroatoms. The van der Waals surface area contributed by atoms with E-state index < -0.39 is 11.8 Å². The molecule has 0 radical (unpaired) electrons. The van der Waals surface area contributed by atoms with Gasteiger partial charge in [-0.2, -0.15) is 0 Å². The van der Waals surface area contributed by atoms with Crippen LogP contribution >= 0.6 is 0 Å². The van der Waals surface area contributed by atoms with Gasteiger partial charge in [-0.05, 0) is 12.8 Å². The van der Waals surface area contributed by atoms with Crippen LogP contribution in [0.25, 0.3) is 0 Å². The molecule has 14 heavy (non-hydrogen) atoms. The standard InChI is InChI=1S/C12H24F2/c1-4-6-7-8-10-12(3,9-5-2)11(13)14/h11H,4-10H2,1-3H3. The molecule has 0 fully saturated rings. The highest BCUT2D eigenvalue weighted by molar-refractivity contribution is 4.76. The van der Waals surface area contributed by atoms with Crippen LogP contribution in [0.1, 0.15) is 65.7 Å². The average Bonchev–Trinajstić information content (AvgIpc) is 2.13. The van der Waals surface area contributed by atoms with Crippen LogP contribution in [-0.2, 0) is 0 Å². The van der Waals surface area contributed by atoms with Crippen LogP contribution in [0.4, 0.5) is 8.78 Å². The number of alkyl halides is 2. The van der Waals surface area contributed by atoms with E-state index in [1.165, 1.54) is 12.8 Å². The third kappa shape index (κ3) is 4.92. The Morgan fingerprint density at radius 2 is 1.57 bits per heavy atom. The van der Waals surface area contributed by atoms with Crippen LogP contribution in [0.5, 0.6) is 0 Å². The van der Waals surface area contributed by atoms with Crippen molar-refractivity contribution in [3.63, 3.8) is 0 Å². The van der Waals surface area contributed by atoms with E-state index in [0.29, 0.717) is 12.8 Å². The molecule has 0 spiro atoms. The fourth-order valence-corrected chi connectivity index (χ4v) is 1.87. The predicted molar refractivity (Wildman–Crippen MR) is 57.8 cm³/mol. The molecule has 0 saturated heterocycles. The SMILES string of the molecule is CCCCCCC(C)(CCC)C(F)F. The summed E-state index contributed by atoms with van der Waals surface area (Å²) in [6, 6.07) is 0. The highest BCUT2D eigenvalue weighted by Crippen LogP contribution is 2.36. The van der Waals surface area contributed by atoms with Crippen molar-refractivity contribution in [3.05, 3.63) is 0 Å². The van der Waals surface area contributed by atoms with E-state index in [-0.39, 0.29) is 0 Å². The molecule has 0 aliphatic carbocycles. The summed E-state index contributed by atoms with van der Waals surface area (Å²) in [6.45, 7) is 5.85. The van der Waals surface area contributed by atoms with Gasteiger partial charge >= 0.3 is 0 Å². The highest BCUT2D eigenvalue weighted by Gasteiger charge is 2.32. The van der Waals surface area contributed by atoms with E-state index in [4.69, 9.17) is 0 Å². The summed E-state index contributed by atoms with van der Waals surface area (Å²) in [4.78, 5) is 0. The molecule has 86 valence electrons. The van der Waals surface area contributed by atoms with Gasteiger partial charge in [0.15, 0.2) is 0 Å². The Kier molecular flexibility index (Phi) is 7.12. The molecule has 0 nitrogen and oxygen atoms in total. The number of rotatable bonds is 8. The van der Waals surface area contributed by atoms with Gasteiger partial charge in [-0.1, -0.05) is 52.9 Å². The lowest BCUT2D eigenvalue weighted by Crippen LogP contribution is -2.25. The number of hydrogen-bond donors (Lipinski definition) is 0. The summed E-state index contributed by atoms with van der Waals surface area (Å²) < 4.78 is 25.6. The maximum atomic E-state index is 12.8. The number of halogens is 2. The van der Waals surface area contributed by atoms with E-state index >= 15 is 0 Å². The van der Waals surface area contributed by atoms with Crippen molar-refractivity contribution in [3.8, 4) is 0 Å². The minimum absolute atomic E-state index is 0.650. The molecule has 1 unspecified atom stereocenters. The summed E-state index contributed by atoms with van der Waals surface area (Å²) in [5, 5.41) is 0. The Labute approximate surface area is 87.1 Å². The third-order valence-electron chi connectivity index (χ3n) is 2.95. The van der Waals surface area contributed by atoms with E-state index in [1.807, 2.05) is 6.92 Å². The topological polar surface area (TPSA) is 0 Å². The van der Waals surface area contributed by atoms with Crippen LogP contribution in [0.15, 0.2) is 0 Å². The van der Waals surface area contributed by atoms with Crippen molar-refractivity contribution in [1.29, 1.82) is 0 Å². The van der Waals surface area contributed by atoms with Crippen molar-refractivity contribution in [1.82, 2.24) is 0 Å². The van der Waals surface area contributed by atoms with Gasteiger partial charge in [0.25, 0.3) is 0 Å². The Bertz CT molecular complexity index is 134. The van der Waals surface area contributed by atoms with Crippen LogP contribution in [-0.4, -0.2) is 6.43 Å². The van der Waals surface area contributed by atoms with E-state index in [0.717, 1.165) is 19.3 Å². The minimum Gasteiger partial charge on any atom is -0.210 e. The highest BCUT2D eigenvalue weighted by atomic mass is 19.3. The summed E-state index contributed by atoms with van der Waals surface area (Å²) in [6.07, 6.45) is 4.41. The van der Waals surface area contributed by atoms with E-state index in [1.54, 1.807) is 6.92 Å². The zero-order valence-electron chi connectivity index (χ0n) is 9.78. The van der Waals surface area contributed by atoms with Crippen LogP contribution in [0.3, 0.4) is 0 Å². The third-order valence-corrected chi connectivity index (χ3v) is 2.95. The van der Waals surface area contributed by atoms with Gasteiger partial charge in [-0.3, -0.25) is 0 Å². The monoisotopic (exact) mass is 206 g/mol. The first kappa shape index (κ1) is 13.9. The van der Waals surface area contributed by atoms with Gasteiger partial charge in [0, 0.05) is 5.41 Å². The fraction of sp³-hybridized carbons (Fsp3) is 1.00. The first-order valence-electron chi connectivity index (χ1n) is 5.85. The Morgan fingerprint density at radius 1 is 0.929 bits per heavy atom. The molecule has 0 saturated carbocycles. The molecular weight excluding hydrogens is 182 g/mol. The second kappa shape index (κ2) is 7.19. The summed E-state index contributed by atoms with van der Waals surface area (Å²) >= 11 is 0. The van der Waals surface area contributed by atoms with E-state index in [9.17, 15) is 8.78 Å². The van der Waals surface area contributed by atoms with Crippen LogP contribution in [0, 0.1) is 5.41 Å². The van der Waals surface area contributed by atoms with E-state index in [2.05, 4.69) is 6.92 Å². The van der Waals surface area contributed by atoms with Crippen LogP contribution < -0.4 is 0 Å². The van der Waals surface area contributed by atoms with Crippen LogP contribution in [0.2, 0.25) is 0 Å². The molecule has 0 aromatic carbocycles. The molecule has 0 aromatic heterocycles. The first-order valence-corrected chi connectivity index (χ1v) is 5.85. The summed E-state index contributed by atoms with van der Waals surface area (Å²) in [5.74, 6) is 0. The summed E-state index contributed by atoms with van der Waals surface area (Å²) in [7, 11) is 0. The second-order valence-corrected chi connectivity index (χ2v) is 4.52.